The fourth-order valence-corrected chi connectivity index (χ4v) is 3.04. The molecule has 3 rings (SSSR count). The topological polar surface area (TPSA) is 21.3 Å². The normalized spacial score (nSPS) is 14.5. The first-order valence-electron chi connectivity index (χ1n) is 8.26. The third-order valence-electron chi connectivity index (χ3n) is 4.18. The summed E-state index contributed by atoms with van der Waals surface area (Å²) in [6, 6.07) is 14.3. The minimum absolute atomic E-state index is 0.0664. The Balaban J connectivity index is 1.96. The SMILES string of the molecule is FCCOc1ccc(C(=C2CCNCC2)c2ccc(F)cc2)cc1. The predicted octanol–water partition coefficient (Wildman–Crippen LogP) is 4.36. The van der Waals surface area contributed by atoms with Crippen LogP contribution in [0.3, 0.4) is 0 Å². The minimum Gasteiger partial charge on any atom is -0.491 e. The number of rotatable bonds is 5. The average molecular weight is 329 g/mol. The molecule has 1 N–H and O–H groups in total. The zero-order valence-electron chi connectivity index (χ0n) is 13.5. The second-order valence-electron chi connectivity index (χ2n) is 5.80. The lowest BCUT2D eigenvalue weighted by Crippen LogP contribution is -2.23. The van der Waals surface area contributed by atoms with Crippen molar-refractivity contribution in [2.24, 2.45) is 0 Å². The standard InChI is InChI=1S/C20H21F2NO/c21-11-14-24-19-7-3-16(4-8-19)20(17-9-12-23-13-10-17)15-1-5-18(22)6-2-15/h1-8,23H,9-14H2. The van der Waals surface area contributed by atoms with Crippen molar-refractivity contribution in [3.8, 4) is 5.75 Å². The number of hydrogen-bond donors (Lipinski definition) is 1. The molecular formula is C20H21F2NO. The molecule has 2 aromatic carbocycles. The first-order valence-corrected chi connectivity index (χ1v) is 8.26. The largest absolute Gasteiger partial charge is 0.491 e. The fourth-order valence-electron chi connectivity index (χ4n) is 3.04. The Hall–Kier alpha value is -2.20. The number of ether oxygens (including phenoxy) is 1. The fraction of sp³-hybridized carbons (Fsp3) is 0.300. The zero-order valence-corrected chi connectivity index (χ0v) is 13.5. The first kappa shape index (κ1) is 16.7. The monoisotopic (exact) mass is 329 g/mol. The van der Waals surface area contributed by atoms with Crippen LogP contribution in [0.2, 0.25) is 0 Å². The van der Waals surface area contributed by atoms with E-state index in [9.17, 15) is 8.78 Å². The van der Waals surface area contributed by atoms with Crippen molar-refractivity contribution in [3.05, 3.63) is 71.0 Å². The Labute approximate surface area is 141 Å². The zero-order chi connectivity index (χ0) is 16.8. The quantitative estimate of drug-likeness (QED) is 0.880. The van der Waals surface area contributed by atoms with E-state index in [1.165, 1.54) is 17.7 Å². The number of alkyl halides is 1. The second-order valence-corrected chi connectivity index (χ2v) is 5.80. The number of benzene rings is 2. The lowest BCUT2D eigenvalue weighted by Gasteiger charge is -2.21. The van der Waals surface area contributed by atoms with Crippen LogP contribution in [0.25, 0.3) is 5.57 Å². The van der Waals surface area contributed by atoms with Crippen LogP contribution in [0.1, 0.15) is 24.0 Å². The van der Waals surface area contributed by atoms with E-state index in [0.29, 0.717) is 5.75 Å². The number of nitrogens with one attached hydrogen (secondary N) is 1. The smallest absolute Gasteiger partial charge is 0.123 e. The number of halogens is 2. The summed E-state index contributed by atoms with van der Waals surface area (Å²) in [6.45, 7) is 1.48. The molecule has 0 unspecified atom stereocenters. The van der Waals surface area contributed by atoms with Gasteiger partial charge < -0.3 is 10.1 Å². The van der Waals surface area contributed by atoms with E-state index < -0.39 is 6.67 Å². The Morgan fingerprint density at radius 1 is 0.917 bits per heavy atom. The molecule has 0 aliphatic carbocycles. The summed E-state index contributed by atoms with van der Waals surface area (Å²) in [5.74, 6) is 0.425. The van der Waals surface area contributed by atoms with Gasteiger partial charge in [-0.05, 0) is 66.9 Å². The van der Waals surface area contributed by atoms with Crippen molar-refractivity contribution in [3.63, 3.8) is 0 Å². The molecule has 24 heavy (non-hydrogen) atoms. The molecule has 2 nitrogen and oxygen atoms in total. The molecule has 1 aliphatic rings. The Kier molecular flexibility index (Phi) is 5.59. The number of piperidine rings is 1. The highest BCUT2D eigenvalue weighted by molar-refractivity contribution is 5.82. The highest BCUT2D eigenvalue weighted by Gasteiger charge is 2.15. The van der Waals surface area contributed by atoms with Crippen molar-refractivity contribution in [1.82, 2.24) is 5.32 Å². The van der Waals surface area contributed by atoms with Gasteiger partial charge in [0.1, 0.15) is 24.8 Å². The molecule has 0 bridgehead atoms. The molecule has 0 aromatic heterocycles. The van der Waals surface area contributed by atoms with Gasteiger partial charge in [-0.25, -0.2) is 8.78 Å². The van der Waals surface area contributed by atoms with Crippen LogP contribution >= 0.6 is 0 Å². The van der Waals surface area contributed by atoms with E-state index in [4.69, 9.17) is 4.74 Å². The summed E-state index contributed by atoms with van der Waals surface area (Å²) >= 11 is 0. The molecule has 1 aliphatic heterocycles. The van der Waals surface area contributed by atoms with Crippen molar-refractivity contribution in [1.29, 1.82) is 0 Å². The van der Waals surface area contributed by atoms with E-state index in [-0.39, 0.29) is 12.4 Å². The van der Waals surface area contributed by atoms with E-state index in [0.717, 1.165) is 42.6 Å². The molecule has 1 saturated heterocycles. The van der Waals surface area contributed by atoms with Crippen molar-refractivity contribution < 1.29 is 13.5 Å². The van der Waals surface area contributed by atoms with Crippen LogP contribution in [-0.4, -0.2) is 26.4 Å². The van der Waals surface area contributed by atoms with E-state index in [2.05, 4.69) is 5.32 Å². The Bertz CT molecular complexity index is 685. The van der Waals surface area contributed by atoms with Gasteiger partial charge in [0.2, 0.25) is 0 Å². The van der Waals surface area contributed by atoms with Crippen molar-refractivity contribution in [2.75, 3.05) is 26.4 Å². The average Bonchev–Trinajstić information content (AvgIpc) is 2.64. The van der Waals surface area contributed by atoms with Crippen LogP contribution in [0.15, 0.2) is 54.1 Å². The maximum absolute atomic E-state index is 13.3. The molecule has 0 saturated carbocycles. The molecule has 0 radical (unpaired) electrons. The summed E-state index contributed by atoms with van der Waals surface area (Å²) in [5.41, 5.74) is 4.63. The van der Waals surface area contributed by atoms with Gasteiger partial charge in [0, 0.05) is 0 Å². The van der Waals surface area contributed by atoms with Crippen LogP contribution in [0.4, 0.5) is 8.78 Å². The summed E-state index contributed by atoms with van der Waals surface area (Å²) in [4.78, 5) is 0. The van der Waals surface area contributed by atoms with Crippen LogP contribution in [0.5, 0.6) is 5.75 Å². The predicted molar refractivity (Wildman–Crippen MR) is 92.4 cm³/mol. The molecule has 1 heterocycles. The van der Waals surface area contributed by atoms with Crippen molar-refractivity contribution in [2.45, 2.75) is 12.8 Å². The van der Waals surface area contributed by atoms with E-state index in [1.807, 2.05) is 36.4 Å². The first-order chi connectivity index (χ1) is 11.8. The van der Waals surface area contributed by atoms with Crippen LogP contribution in [-0.2, 0) is 0 Å². The third kappa shape index (κ3) is 4.01. The summed E-state index contributed by atoms with van der Waals surface area (Å²) in [5, 5.41) is 3.36. The van der Waals surface area contributed by atoms with Gasteiger partial charge in [0.15, 0.2) is 0 Å². The molecule has 0 atom stereocenters. The van der Waals surface area contributed by atoms with Gasteiger partial charge in [0.05, 0.1) is 0 Å². The van der Waals surface area contributed by atoms with Gasteiger partial charge in [-0.2, -0.15) is 0 Å². The number of hydrogen-bond acceptors (Lipinski definition) is 2. The van der Waals surface area contributed by atoms with Crippen molar-refractivity contribution >= 4 is 5.57 Å². The maximum atomic E-state index is 13.3. The lowest BCUT2D eigenvalue weighted by molar-refractivity contribution is 0.273. The van der Waals surface area contributed by atoms with Gasteiger partial charge in [-0.3, -0.25) is 0 Å². The molecule has 1 fully saturated rings. The Morgan fingerprint density at radius 3 is 2.08 bits per heavy atom. The molecule has 2 aromatic rings. The summed E-state index contributed by atoms with van der Waals surface area (Å²) < 4.78 is 30.8. The highest BCUT2D eigenvalue weighted by Crippen LogP contribution is 2.32. The molecule has 126 valence electrons. The van der Waals surface area contributed by atoms with Gasteiger partial charge in [-0.1, -0.05) is 29.8 Å². The van der Waals surface area contributed by atoms with Crippen LogP contribution in [0, 0.1) is 5.82 Å². The van der Waals surface area contributed by atoms with Gasteiger partial charge >= 0.3 is 0 Å². The summed E-state index contributed by atoms with van der Waals surface area (Å²) in [6.07, 6.45) is 1.96. The van der Waals surface area contributed by atoms with Crippen LogP contribution < -0.4 is 10.1 Å². The molecule has 4 heteroatoms. The lowest BCUT2D eigenvalue weighted by atomic mass is 9.89. The van der Waals surface area contributed by atoms with E-state index >= 15 is 0 Å². The minimum atomic E-state index is -0.500. The highest BCUT2D eigenvalue weighted by atomic mass is 19.1. The maximum Gasteiger partial charge on any atom is 0.123 e. The Morgan fingerprint density at radius 2 is 1.50 bits per heavy atom. The second kappa shape index (κ2) is 8.06. The van der Waals surface area contributed by atoms with Gasteiger partial charge in [-0.15, -0.1) is 0 Å². The summed E-state index contributed by atoms with van der Waals surface area (Å²) in [7, 11) is 0. The van der Waals surface area contributed by atoms with Gasteiger partial charge in [0.25, 0.3) is 0 Å². The molecule has 0 spiro atoms. The molecular weight excluding hydrogens is 308 g/mol. The van der Waals surface area contributed by atoms with E-state index in [1.54, 1.807) is 0 Å². The third-order valence-corrected chi connectivity index (χ3v) is 4.18. The molecule has 0 amide bonds.